The summed E-state index contributed by atoms with van der Waals surface area (Å²) < 4.78 is 40.8. The Morgan fingerprint density at radius 3 is 2.11 bits per heavy atom. The fourth-order valence-corrected chi connectivity index (χ4v) is 4.78. The van der Waals surface area contributed by atoms with Crippen molar-refractivity contribution in [1.82, 2.24) is 4.57 Å². The Bertz CT molecular complexity index is 1580. The highest BCUT2D eigenvalue weighted by molar-refractivity contribution is 5.84. The second kappa shape index (κ2) is 13.4. The number of methoxy groups -OCH3 is 1. The van der Waals surface area contributed by atoms with E-state index in [1.807, 2.05) is 0 Å². The highest BCUT2D eigenvalue weighted by Crippen LogP contribution is 2.36. The Labute approximate surface area is 250 Å². The molecule has 4 rings (SSSR count). The lowest BCUT2D eigenvalue weighted by molar-refractivity contribution is -0.384. The smallest absolute Gasteiger partial charge is 0.303 e. The van der Waals surface area contributed by atoms with Gasteiger partial charge in [-0.2, -0.15) is 0 Å². The molecule has 1 aromatic heterocycles. The van der Waals surface area contributed by atoms with Crippen LogP contribution in [-0.4, -0.2) is 77.8 Å². The monoisotopic (exact) mass is 614 g/mol. The highest BCUT2D eigenvalue weighted by atomic mass is 16.7. The summed E-state index contributed by atoms with van der Waals surface area (Å²) in [4.78, 5) is 58.4. The number of hydrogen-bond donors (Lipinski definition) is 0. The maximum atomic E-state index is 12.1. The molecule has 0 amide bonds. The zero-order chi connectivity index (χ0) is 32.1. The van der Waals surface area contributed by atoms with Crippen LogP contribution in [0.1, 0.15) is 27.7 Å². The molecule has 44 heavy (non-hydrogen) atoms. The lowest BCUT2D eigenvalue weighted by Gasteiger charge is -2.44. The van der Waals surface area contributed by atoms with Crippen LogP contribution in [0.2, 0.25) is 0 Å². The van der Waals surface area contributed by atoms with Crippen molar-refractivity contribution in [3.05, 3.63) is 58.8 Å². The van der Waals surface area contributed by atoms with Crippen LogP contribution in [-0.2, 0) is 42.9 Å². The number of ether oxygens (including phenoxy) is 7. The first-order valence-corrected chi connectivity index (χ1v) is 13.3. The molecule has 0 spiro atoms. The molecule has 0 radical (unpaired) electrons. The number of aromatic nitrogens is 1. The van der Waals surface area contributed by atoms with Gasteiger partial charge in [-0.05, 0) is 24.3 Å². The molecule has 0 bridgehead atoms. The molecule has 2 aromatic carbocycles. The Morgan fingerprint density at radius 2 is 1.50 bits per heavy atom. The van der Waals surface area contributed by atoms with Gasteiger partial charge in [-0.1, -0.05) is 0 Å². The number of rotatable bonds is 10. The summed E-state index contributed by atoms with van der Waals surface area (Å²) in [5.41, 5.74) is 1.28. The molecule has 3 aromatic rings. The van der Waals surface area contributed by atoms with Crippen molar-refractivity contribution < 1.29 is 57.3 Å². The van der Waals surface area contributed by atoms with Crippen LogP contribution in [0.4, 0.5) is 5.69 Å². The standard InChI is InChI=1S/C29H30N2O13/c1-15(32)39-14-25-26(40-16(2)33)27(41-17(3)34)28(42-18(4)35)29(44-25)43-23-9-7-20(13-24(23)38-5)30-11-10-19-12-21(31(36)37)6-8-22(19)30/h6-13,25-29H,14H2,1-5H3/t25?,26-,27?,28-,29+/m1/s1. The van der Waals surface area contributed by atoms with Crippen molar-refractivity contribution in [3.8, 4) is 17.2 Å². The van der Waals surface area contributed by atoms with Gasteiger partial charge in [0.2, 0.25) is 12.4 Å². The quantitative estimate of drug-likeness (QED) is 0.141. The summed E-state index contributed by atoms with van der Waals surface area (Å²) in [5, 5.41) is 11.8. The second-order valence-corrected chi connectivity index (χ2v) is 9.71. The molecular weight excluding hydrogens is 584 g/mol. The first-order valence-electron chi connectivity index (χ1n) is 13.3. The third-order valence-corrected chi connectivity index (χ3v) is 6.50. The van der Waals surface area contributed by atoms with Crippen LogP contribution >= 0.6 is 0 Å². The highest BCUT2D eigenvalue weighted by Gasteiger charge is 2.53. The molecule has 5 atom stereocenters. The summed E-state index contributed by atoms with van der Waals surface area (Å²) in [6.07, 6.45) is -5.07. The van der Waals surface area contributed by atoms with Gasteiger partial charge in [0.15, 0.2) is 23.7 Å². The third kappa shape index (κ3) is 7.23. The number of carbonyl (C=O) groups is 4. The van der Waals surface area contributed by atoms with Crippen LogP contribution < -0.4 is 9.47 Å². The van der Waals surface area contributed by atoms with Crippen molar-refractivity contribution in [1.29, 1.82) is 0 Å². The number of nitro benzene ring substituents is 1. The number of non-ortho nitro benzene ring substituents is 1. The maximum absolute atomic E-state index is 12.1. The Morgan fingerprint density at radius 1 is 0.841 bits per heavy atom. The van der Waals surface area contributed by atoms with Gasteiger partial charge in [0.25, 0.3) is 5.69 Å². The second-order valence-electron chi connectivity index (χ2n) is 9.71. The molecule has 0 aliphatic carbocycles. The van der Waals surface area contributed by atoms with Crippen LogP contribution in [0.3, 0.4) is 0 Å². The zero-order valence-corrected chi connectivity index (χ0v) is 24.4. The van der Waals surface area contributed by atoms with E-state index in [2.05, 4.69) is 0 Å². The number of nitrogens with zero attached hydrogens (tertiary/aromatic N) is 2. The van der Waals surface area contributed by atoms with Gasteiger partial charge in [-0.15, -0.1) is 0 Å². The normalized spacial score (nSPS) is 21.2. The molecule has 1 saturated heterocycles. The van der Waals surface area contributed by atoms with Gasteiger partial charge in [-0.3, -0.25) is 29.3 Å². The third-order valence-electron chi connectivity index (χ3n) is 6.50. The predicted molar refractivity (Wildman–Crippen MR) is 149 cm³/mol. The minimum absolute atomic E-state index is 0.0404. The van der Waals surface area contributed by atoms with Crippen LogP contribution in [0.5, 0.6) is 11.5 Å². The lowest BCUT2D eigenvalue weighted by Crippen LogP contribution is -2.63. The largest absolute Gasteiger partial charge is 0.493 e. The van der Waals surface area contributed by atoms with Gasteiger partial charge >= 0.3 is 23.9 Å². The van der Waals surface area contributed by atoms with Crippen LogP contribution in [0.25, 0.3) is 16.6 Å². The van der Waals surface area contributed by atoms with Gasteiger partial charge in [-0.25, -0.2) is 0 Å². The van der Waals surface area contributed by atoms with E-state index in [0.717, 1.165) is 20.8 Å². The average molecular weight is 615 g/mol. The number of hydrogen-bond acceptors (Lipinski definition) is 13. The first-order chi connectivity index (χ1) is 20.9. The lowest BCUT2D eigenvalue weighted by atomic mass is 9.98. The molecule has 2 heterocycles. The Balaban J connectivity index is 1.71. The molecule has 15 heteroatoms. The van der Waals surface area contributed by atoms with E-state index in [1.165, 1.54) is 26.2 Å². The van der Waals surface area contributed by atoms with E-state index in [4.69, 9.17) is 33.2 Å². The molecule has 1 aliphatic heterocycles. The number of esters is 4. The Hall–Kier alpha value is -5.18. The maximum Gasteiger partial charge on any atom is 0.303 e. The van der Waals surface area contributed by atoms with E-state index in [0.29, 0.717) is 16.6 Å². The SMILES string of the molecule is COc1cc(-n2ccc3cc([N+](=O)[O-])ccc32)ccc1O[C@H]1OC(COC(C)=O)[C@@H](OC(C)=O)C(OC(C)=O)[C@H]1OC(C)=O. The van der Waals surface area contributed by atoms with Crippen LogP contribution in [0.15, 0.2) is 48.7 Å². The predicted octanol–water partition coefficient (Wildman–Crippen LogP) is 3.01. The fourth-order valence-electron chi connectivity index (χ4n) is 4.78. The summed E-state index contributed by atoms with van der Waals surface area (Å²) >= 11 is 0. The van der Waals surface area contributed by atoms with Crippen molar-refractivity contribution in [2.24, 2.45) is 0 Å². The topological polar surface area (TPSA) is 181 Å². The zero-order valence-electron chi connectivity index (χ0n) is 24.4. The first kappa shape index (κ1) is 31.7. The molecule has 1 aliphatic rings. The minimum atomic E-state index is -1.46. The molecular formula is C29H30N2O13. The molecule has 0 saturated carbocycles. The number of benzene rings is 2. The number of carbonyl (C=O) groups excluding carboxylic acids is 4. The van der Waals surface area contributed by atoms with Crippen molar-refractivity contribution in [3.63, 3.8) is 0 Å². The number of nitro groups is 1. The molecule has 0 N–H and O–H groups in total. The molecule has 1 fully saturated rings. The van der Waals surface area contributed by atoms with E-state index < -0.39 is 66.1 Å². The molecule has 15 nitrogen and oxygen atoms in total. The van der Waals surface area contributed by atoms with Gasteiger partial charge in [0, 0.05) is 63.2 Å². The molecule has 234 valence electrons. The van der Waals surface area contributed by atoms with E-state index in [1.54, 1.807) is 41.1 Å². The summed E-state index contributed by atoms with van der Waals surface area (Å²) in [6, 6.07) is 11.1. The van der Waals surface area contributed by atoms with E-state index >= 15 is 0 Å². The molecule has 2 unspecified atom stereocenters. The minimum Gasteiger partial charge on any atom is -0.493 e. The summed E-state index contributed by atoms with van der Waals surface area (Å²) in [7, 11) is 1.40. The van der Waals surface area contributed by atoms with E-state index in [-0.39, 0.29) is 17.2 Å². The van der Waals surface area contributed by atoms with Crippen molar-refractivity contribution in [2.75, 3.05) is 13.7 Å². The fraction of sp³-hybridized carbons (Fsp3) is 0.379. The Kier molecular flexibility index (Phi) is 9.68. The van der Waals surface area contributed by atoms with Crippen LogP contribution in [0, 0.1) is 10.1 Å². The van der Waals surface area contributed by atoms with Crippen molar-refractivity contribution in [2.45, 2.75) is 58.4 Å². The average Bonchev–Trinajstić information content (AvgIpc) is 3.38. The van der Waals surface area contributed by atoms with Gasteiger partial charge < -0.3 is 37.7 Å². The van der Waals surface area contributed by atoms with E-state index in [9.17, 15) is 29.3 Å². The van der Waals surface area contributed by atoms with Crippen molar-refractivity contribution >= 4 is 40.5 Å². The summed E-state index contributed by atoms with van der Waals surface area (Å²) in [5.74, 6) is -2.60. The van der Waals surface area contributed by atoms with Gasteiger partial charge in [0.05, 0.1) is 17.5 Å². The summed E-state index contributed by atoms with van der Waals surface area (Å²) in [6.45, 7) is 4.13. The van der Waals surface area contributed by atoms with Gasteiger partial charge in [0.1, 0.15) is 12.7 Å². The number of fused-ring (bicyclic) bond motifs is 1.